The lowest BCUT2D eigenvalue weighted by Gasteiger charge is -2.22. The quantitative estimate of drug-likeness (QED) is 0.514. The van der Waals surface area contributed by atoms with E-state index in [0.29, 0.717) is 38.1 Å². The van der Waals surface area contributed by atoms with Gasteiger partial charge in [-0.15, -0.1) is 11.3 Å². The maximum atomic E-state index is 13.0. The van der Waals surface area contributed by atoms with Crippen LogP contribution in [0.4, 0.5) is 5.13 Å². The fourth-order valence-corrected chi connectivity index (χ4v) is 7.53. The molecule has 1 unspecified atom stereocenters. The number of sulfonamides is 1. The number of amides is 1. The highest BCUT2D eigenvalue weighted by molar-refractivity contribution is 7.91. The molecule has 0 saturated carbocycles. The van der Waals surface area contributed by atoms with Crippen LogP contribution in [0.2, 0.25) is 4.34 Å². The first-order valence-corrected chi connectivity index (χ1v) is 12.9. The van der Waals surface area contributed by atoms with E-state index in [2.05, 4.69) is 10.3 Å². The number of nitrogens with one attached hydrogen (secondary N) is 1. The van der Waals surface area contributed by atoms with Crippen LogP contribution in [0.25, 0.3) is 10.2 Å². The standard InChI is InChI=1S/C19H18ClN3O5S3/c1-2-28-18(25)11-5-6-12-14(10-11)29-19(21-12)22-17(24)13-4-3-9-23(13)31(26,27)16-8-7-15(20)30-16/h5-8,10,13H,2-4,9H2,1H3,(H,21,22,24). The molecule has 0 radical (unpaired) electrons. The van der Waals surface area contributed by atoms with E-state index in [9.17, 15) is 18.0 Å². The van der Waals surface area contributed by atoms with E-state index in [4.69, 9.17) is 16.3 Å². The number of fused-ring (bicyclic) bond motifs is 1. The van der Waals surface area contributed by atoms with Gasteiger partial charge in [-0.05, 0) is 50.1 Å². The molecule has 0 bridgehead atoms. The van der Waals surface area contributed by atoms with Crippen molar-refractivity contribution in [2.75, 3.05) is 18.5 Å². The van der Waals surface area contributed by atoms with Crippen LogP contribution in [0.15, 0.2) is 34.5 Å². The van der Waals surface area contributed by atoms with Crippen molar-refractivity contribution in [2.24, 2.45) is 0 Å². The van der Waals surface area contributed by atoms with Gasteiger partial charge in [0.05, 0.1) is 26.7 Å². The number of hydrogen-bond acceptors (Lipinski definition) is 8. The Morgan fingerprint density at radius 1 is 1.29 bits per heavy atom. The van der Waals surface area contributed by atoms with Crippen molar-refractivity contribution >= 4 is 71.5 Å². The number of nitrogens with zero attached hydrogens (tertiary/aromatic N) is 2. The summed E-state index contributed by atoms with van der Waals surface area (Å²) in [5.41, 5.74) is 1.02. The number of benzene rings is 1. The normalized spacial score (nSPS) is 17.2. The predicted molar refractivity (Wildman–Crippen MR) is 120 cm³/mol. The van der Waals surface area contributed by atoms with Gasteiger partial charge < -0.3 is 10.1 Å². The second kappa shape index (κ2) is 8.83. The van der Waals surface area contributed by atoms with E-state index in [0.717, 1.165) is 11.3 Å². The number of anilines is 1. The number of halogens is 1. The Bertz CT molecular complexity index is 1250. The van der Waals surface area contributed by atoms with Gasteiger partial charge in [0.2, 0.25) is 5.91 Å². The topological polar surface area (TPSA) is 106 Å². The van der Waals surface area contributed by atoms with E-state index in [-0.39, 0.29) is 17.4 Å². The van der Waals surface area contributed by atoms with Crippen molar-refractivity contribution in [2.45, 2.75) is 30.0 Å². The van der Waals surface area contributed by atoms with Crippen LogP contribution in [0.3, 0.4) is 0 Å². The molecular formula is C19H18ClN3O5S3. The molecule has 1 aliphatic heterocycles. The highest BCUT2D eigenvalue weighted by Gasteiger charge is 2.40. The van der Waals surface area contributed by atoms with Gasteiger partial charge in [0.15, 0.2) is 5.13 Å². The monoisotopic (exact) mass is 499 g/mol. The average molecular weight is 500 g/mol. The lowest BCUT2D eigenvalue weighted by atomic mass is 10.2. The lowest BCUT2D eigenvalue weighted by molar-refractivity contribution is -0.119. The number of ether oxygens (including phenoxy) is 1. The molecule has 1 N–H and O–H groups in total. The summed E-state index contributed by atoms with van der Waals surface area (Å²) in [6.07, 6.45) is 1.00. The van der Waals surface area contributed by atoms with Crippen molar-refractivity contribution < 1.29 is 22.7 Å². The van der Waals surface area contributed by atoms with E-state index < -0.39 is 27.9 Å². The molecule has 1 atom stereocenters. The molecule has 12 heteroatoms. The Kier molecular flexibility index (Phi) is 6.31. The van der Waals surface area contributed by atoms with Gasteiger partial charge in [0, 0.05) is 6.54 Å². The molecule has 1 fully saturated rings. The molecule has 8 nitrogen and oxygen atoms in total. The second-order valence-electron chi connectivity index (χ2n) is 6.74. The van der Waals surface area contributed by atoms with Gasteiger partial charge in [0.1, 0.15) is 10.3 Å². The summed E-state index contributed by atoms with van der Waals surface area (Å²) in [4.78, 5) is 29.2. The third-order valence-electron chi connectivity index (χ3n) is 4.75. The smallest absolute Gasteiger partial charge is 0.338 e. The third-order valence-corrected chi connectivity index (χ3v) is 9.29. The number of aromatic nitrogens is 1. The van der Waals surface area contributed by atoms with Gasteiger partial charge in [-0.3, -0.25) is 4.79 Å². The number of carbonyl (C=O) groups excluding carboxylic acids is 2. The maximum Gasteiger partial charge on any atom is 0.338 e. The number of rotatable bonds is 6. The van der Waals surface area contributed by atoms with Crippen LogP contribution in [0.5, 0.6) is 0 Å². The number of thiazole rings is 1. The molecule has 0 spiro atoms. The van der Waals surface area contributed by atoms with Crippen LogP contribution in [0.1, 0.15) is 30.1 Å². The molecule has 3 heterocycles. The van der Waals surface area contributed by atoms with Crippen molar-refractivity contribution in [1.82, 2.24) is 9.29 Å². The Balaban J connectivity index is 1.53. The summed E-state index contributed by atoms with van der Waals surface area (Å²) in [6.45, 7) is 2.27. The number of esters is 1. The first-order chi connectivity index (χ1) is 14.8. The average Bonchev–Trinajstić information content (AvgIpc) is 3.46. The van der Waals surface area contributed by atoms with Crippen molar-refractivity contribution in [1.29, 1.82) is 0 Å². The number of carbonyl (C=O) groups is 2. The van der Waals surface area contributed by atoms with Crippen molar-refractivity contribution in [3.05, 3.63) is 40.2 Å². The summed E-state index contributed by atoms with van der Waals surface area (Å²) in [7, 11) is -3.81. The summed E-state index contributed by atoms with van der Waals surface area (Å²) in [5.74, 6) is -0.864. The summed E-state index contributed by atoms with van der Waals surface area (Å²) in [5, 5.41) is 3.07. The minimum Gasteiger partial charge on any atom is -0.462 e. The largest absolute Gasteiger partial charge is 0.462 e. The second-order valence-corrected chi connectivity index (χ2v) is 11.6. The van der Waals surface area contributed by atoms with Crippen LogP contribution in [-0.2, 0) is 19.6 Å². The molecule has 1 amide bonds. The Morgan fingerprint density at radius 3 is 2.81 bits per heavy atom. The molecule has 0 aliphatic carbocycles. The summed E-state index contributed by atoms with van der Waals surface area (Å²) in [6, 6.07) is 7.10. The highest BCUT2D eigenvalue weighted by atomic mass is 35.5. The zero-order chi connectivity index (χ0) is 22.2. The molecule has 1 saturated heterocycles. The van der Waals surface area contributed by atoms with Crippen LogP contribution < -0.4 is 5.32 Å². The fourth-order valence-electron chi connectivity index (χ4n) is 3.35. The Morgan fingerprint density at radius 2 is 2.10 bits per heavy atom. The first-order valence-electron chi connectivity index (χ1n) is 9.45. The Hall–Kier alpha value is -2.05. The highest BCUT2D eigenvalue weighted by Crippen LogP contribution is 2.33. The molecule has 3 aromatic rings. The van der Waals surface area contributed by atoms with Gasteiger partial charge in [-0.2, -0.15) is 4.31 Å². The van der Waals surface area contributed by atoms with E-state index in [1.807, 2.05) is 0 Å². The molecule has 164 valence electrons. The van der Waals surface area contributed by atoms with Gasteiger partial charge >= 0.3 is 5.97 Å². The molecule has 31 heavy (non-hydrogen) atoms. The SMILES string of the molecule is CCOC(=O)c1ccc2nc(NC(=O)C3CCCN3S(=O)(=O)c3ccc(Cl)s3)sc2c1. The minimum absolute atomic E-state index is 0.115. The van der Waals surface area contributed by atoms with Crippen molar-refractivity contribution in [3.8, 4) is 0 Å². The van der Waals surface area contributed by atoms with Crippen LogP contribution >= 0.6 is 34.3 Å². The minimum atomic E-state index is -3.81. The molecule has 2 aromatic heterocycles. The van der Waals surface area contributed by atoms with Crippen LogP contribution in [0, 0.1) is 0 Å². The number of hydrogen-bond donors (Lipinski definition) is 1. The van der Waals surface area contributed by atoms with Crippen LogP contribution in [-0.4, -0.2) is 48.8 Å². The molecular weight excluding hydrogens is 482 g/mol. The zero-order valence-corrected chi connectivity index (χ0v) is 19.5. The summed E-state index contributed by atoms with van der Waals surface area (Å²) >= 11 is 8.06. The first kappa shape index (κ1) is 22.2. The van der Waals surface area contributed by atoms with Crippen molar-refractivity contribution in [3.63, 3.8) is 0 Å². The number of thiophene rings is 1. The molecule has 1 aliphatic rings. The predicted octanol–water partition coefficient (Wildman–Crippen LogP) is 3.98. The van der Waals surface area contributed by atoms with E-state index >= 15 is 0 Å². The van der Waals surface area contributed by atoms with E-state index in [1.54, 1.807) is 25.1 Å². The lowest BCUT2D eigenvalue weighted by Crippen LogP contribution is -2.42. The summed E-state index contributed by atoms with van der Waals surface area (Å²) < 4.78 is 33.3. The maximum absolute atomic E-state index is 13.0. The molecule has 4 rings (SSSR count). The van der Waals surface area contributed by atoms with Gasteiger partial charge in [0.25, 0.3) is 10.0 Å². The third kappa shape index (κ3) is 4.46. The zero-order valence-electron chi connectivity index (χ0n) is 16.3. The van der Waals surface area contributed by atoms with Gasteiger partial charge in [-0.25, -0.2) is 18.2 Å². The Labute approximate surface area is 191 Å². The van der Waals surface area contributed by atoms with Gasteiger partial charge in [-0.1, -0.05) is 22.9 Å². The fraction of sp³-hybridized carbons (Fsp3) is 0.316. The molecule has 1 aromatic carbocycles. The van der Waals surface area contributed by atoms with E-state index in [1.165, 1.54) is 27.8 Å².